The number of hydrogen-bond donors (Lipinski definition) is 2. The highest BCUT2D eigenvalue weighted by atomic mass is 79.9. The van der Waals surface area contributed by atoms with E-state index in [0.29, 0.717) is 22.3 Å². The molecule has 1 fully saturated rings. The van der Waals surface area contributed by atoms with Gasteiger partial charge in [0.25, 0.3) is 0 Å². The molecule has 0 aliphatic heterocycles. The van der Waals surface area contributed by atoms with E-state index in [-0.39, 0.29) is 5.82 Å². The van der Waals surface area contributed by atoms with Crippen LogP contribution >= 0.6 is 15.9 Å². The van der Waals surface area contributed by atoms with Crippen LogP contribution in [0.15, 0.2) is 59.1 Å². The molecule has 0 amide bonds. The molecule has 2 aromatic carbocycles. The average molecular weight is 427 g/mol. The number of nitrogens with one attached hydrogen (secondary N) is 2. The summed E-state index contributed by atoms with van der Waals surface area (Å²) < 4.78 is 14.0. The summed E-state index contributed by atoms with van der Waals surface area (Å²) in [6.07, 6.45) is 4.77. The average Bonchev–Trinajstić information content (AvgIpc) is 3.18. The van der Waals surface area contributed by atoms with E-state index in [4.69, 9.17) is 4.98 Å². The highest BCUT2D eigenvalue weighted by molar-refractivity contribution is 9.10. The number of benzene rings is 2. The van der Waals surface area contributed by atoms with E-state index in [2.05, 4.69) is 31.5 Å². The number of rotatable bonds is 5. The molecule has 1 aromatic heterocycles. The van der Waals surface area contributed by atoms with Crippen molar-refractivity contribution < 1.29 is 4.39 Å². The zero-order valence-electron chi connectivity index (χ0n) is 14.8. The summed E-state index contributed by atoms with van der Waals surface area (Å²) in [6, 6.07) is 16.9. The van der Waals surface area contributed by atoms with Crippen LogP contribution < -0.4 is 10.6 Å². The third-order valence-electron chi connectivity index (χ3n) is 4.68. The highest BCUT2D eigenvalue weighted by Gasteiger charge is 2.17. The molecule has 3 aromatic rings. The van der Waals surface area contributed by atoms with Gasteiger partial charge in [0.15, 0.2) is 0 Å². The summed E-state index contributed by atoms with van der Waals surface area (Å²) in [7, 11) is 0. The van der Waals surface area contributed by atoms with E-state index in [1.165, 1.54) is 25.0 Å². The second-order valence-corrected chi connectivity index (χ2v) is 7.56. The van der Waals surface area contributed by atoms with Crippen molar-refractivity contribution in [2.24, 2.45) is 0 Å². The predicted molar refractivity (Wildman–Crippen MR) is 111 cm³/mol. The van der Waals surface area contributed by atoms with Gasteiger partial charge in [-0.25, -0.2) is 9.37 Å². The van der Waals surface area contributed by atoms with Crippen molar-refractivity contribution in [1.29, 1.82) is 0 Å². The third-order valence-corrected chi connectivity index (χ3v) is 5.33. The molecule has 0 saturated heterocycles. The molecule has 138 valence electrons. The Hall–Kier alpha value is -2.47. The second kappa shape index (κ2) is 8.05. The molecule has 0 bridgehead atoms. The molecule has 1 aliphatic carbocycles. The maximum absolute atomic E-state index is 13.4. The van der Waals surface area contributed by atoms with Crippen LogP contribution in [0.25, 0.3) is 11.3 Å². The predicted octanol–water partition coefficient (Wildman–Crippen LogP) is 6.14. The van der Waals surface area contributed by atoms with Crippen molar-refractivity contribution in [3.63, 3.8) is 0 Å². The van der Waals surface area contributed by atoms with Gasteiger partial charge in [0.2, 0.25) is 5.95 Å². The Bertz CT molecular complexity index is 927. The van der Waals surface area contributed by atoms with Gasteiger partial charge in [0, 0.05) is 22.1 Å². The molecule has 2 N–H and O–H groups in total. The minimum absolute atomic E-state index is 0.288. The molecule has 0 unspecified atom stereocenters. The summed E-state index contributed by atoms with van der Waals surface area (Å²) in [6.45, 7) is 0. The van der Waals surface area contributed by atoms with E-state index < -0.39 is 0 Å². The molecular weight excluding hydrogens is 407 g/mol. The van der Waals surface area contributed by atoms with Gasteiger partial charge in [-0.15, -0.1) is 0 Å². The van der Waals surface area contributed by atoms with E-state index in [1.54, 1.807) is 6.07 Å². The zero-order chi connectivity index (χ0) is 18.6. The van der Waals surface area contributed by atoms with Crippen molar-refractivity contribution in [3.05, 3.63) is 64.9 Å². The normalized spacial score (nSPS) is 14.3. The van der Waals surface area contributed by atoms with Gasteiger partial charge >= 0.3 is 0 Å². The molecular formula is C21H20BrFN4. The lowest BCUT2D eigenvalue weighted by molar-refractivity contribution is 0.627. The topological polar surface area (TPSA) is 49.8 Å². The fourth-order valence-electron chi connectivity index (χ4n) is 3.31. The fourth-order valence-corrected chi connectivity index (χ4v) is 3.76. The Morgan fingerprint density at radius 3 is 2.48 bits per heavy atom. The third kappa shape index (κ3) is 4.45. The largest absolute Gasteiger partial charge is 0.351 e. The van der Waals surface area contributed by atoms with E-state index in [9.17, 15) is 4.39 Å². The van der Waals surface area contributed by atoms with E-state index in [1.807, 2.05) is 36.4 Å². The van der Waals surface area contributed by atoms with Crippen molar-refractivity contribution in [1.82, 2.24) is 9.97 Å². The number of halogens is 2. The Morgan fingerprint density at radius 1 is 0.963 bits per heavy atom. The Morgan fingerprint density at radius 2 is 1.74 bits per heavy atom. The van der Waals surface area contributed by atoms with Gasteiger partial charge in [-0.2, -0.15) is 4.98 Å². The molecule has 4 nitrogen and oxygen atoms in total. The fraction of sp³-hybridized carbons (Fsp3) is 0.238. The summed E-state index contributed by atoms with van der Waals surface area (Å²) in [5, 5.41) is 6.74. The number of hydrogen-bond acceptors (Lipinski definition) is 4. The van der Waals surface area contributed by atoms with Crippen LogP contribution in [0.4, 0.5) is 21.8 Å². The molecule has 27 heavy (non-hydrogen) atoms. The lowest BCUT2D eigenvalue weighted by atomic mass is 10.1. The molecule has 4 rings (SSSR count). The Kier molecular flexibility index (Phi) is 5.34. The first kappa shape index (κ1) is 17.9. The molecule has 1 saturated carbocycles. The van der Waals surface area contributed by atoms with Crippen LogP contribution in [-0.2, 0) is 0 Å². The summed E-state index contributed by atoms with van der Waals surface area (Å²) in [4.78, 5) is 9.34. The first-order valence-electron chi connectivity index (χ1n) is 9.10. The van der Waals surface area contributed by atoms with Crippen LogP contribution in [-0.4, -0.2) is 16.0 Å². The minimum atomic E-state index is -0.288. The maximum atomic E-state index is 13.4. The summed E-state index contributed by atoms with van der Waals surface area (Å²) >= 11 is 3.40. The molecule has 0 spiro atoms. The van der Waals surface area contributed by atoms with Crippen LogP contribution in [0.3, 0.4) is 0 Å². The summed E-state index contributed by atoms with van der Waals surface area (Å²) in [5.74, 6) is 0.990. The quantitative estimate of drug-likeness (QED) is 0.513. The molecule has 0 radical (unpaired) electrons. The van der Waals surface area contributed by atoms with Crippen LogP contribution in [0, 0.1) is 5.82 Å². The first-order chi connectivity index (χ1) is 13.2. The van der Waals surface area contributed by atoms with Gasteiger partial charge in [0.1, 0.15) is 11.6 Å². The van der Waals surface area contributed by atoms with E-state index in [0.717, 1.165) is 29.8 Å². The molecule has 6 heteroatoms. The van der Waals surface area contributed by atoms with Gasteiger partial charge < -0.3 is 10.6 Å². The number of anilines is 3. The van der Waals surface area contributed by atoms with Crippen molar-refractivity contribution in [3.8, 4) is 11.3 Å². The van der Waals surface area contributed by atoms with Crippen LogP contribution in [0.5, 0.6) is 0 Å². The SMILES string of the molecule is Fc1ccc(Nc2cc(-c3ccccc3)nc(NC3CCCC3)n2)c(Br)c1. The van der Waals surface area contributed by atoms with Crippen LogP contribution in [0.1, 0.15) is 25.7 Å². The van der Waals surface area contributed by atoms with Gasteiger partial charge in [0.05, 0.1) is 11.4 Å². The Labute approximate surface area is 166 Å². The Balaban J connectivity index is 1.68. The van der Waals surface area contributed by atoms with E-state index >= 15 is 0 Å². The highest BCUT2D eigenvalue weighted by Crippen LogP contribution is 2.29. The first-order valence-corrected chi connectivity index (χ1v) is 9.90. The van der Waals surface area contributed by atoms with Crippen molar-refractivity contribution in [2.75, 3.05) is 10.6 Å². The van der Waals surface area contributed by atoms with Gasteiger partial charge in [-0.1, -0.05) is 43.2 Å². The monoisotopic (exact) mass is 426 g/mol. The number of nitrogens with zero attached hydrogens (tertiary/aromatic N) is 2. The van der Waals surface area contributed by atoms with Crippen LogP contribution in [0.2, 0.25) is 0 Å². The van der Waals surface area contributed by atoms with Gasteiger partial charge in [-0.3, -0.25) is 0 Å². The minimum Gasteiger partial charge on any atom is -0.351 e. The molecule has 0 atom stereocenters. The molecule has 1 aliphatic rings. The van der Waals surface area contributed by atoms with Gasteiger partial charge in [-0.05, 0) is 47.0 Å². The molecule has 1 heterocycles. The number of aromatic nitrogens is 2. The second-order valence-electron chi connectivity index (χ2n) is 6.70. The van der Waals surface area contributed by atoms with Crippen molar-refractivity contribution in [2.45, 2.75) is 31.7 Å². The smallest absolute Gasteiger partial charge is 0.225 e. The maximum Gasteiger partial charge on any atom is 0.225 e. The lowest BCUT2D eigenvalue weighted by Gasteiger charge is -2.15. The zero-order valence-corrected chi connectivity index (χ0v) is 16.3. The van der Waals surface area contributed by atoms with Crippen molar-refractivity contribution >= 4 is 33.4 Å². The standard InChI is InChI=1S/C21H20BrFN4/c22-17-12-15(23)10-11-18(17)25-20-13-19(14-6-2-1-3-7-14)26-21(27-20)24-16-8-4-5-9-16/h1-3,6-7,10-13,16H,4-5,8-9H2,(H2,24,25,26,27). The summed E-state index contributed by atoms with van der Waals surface area (Å²) in [5.41, 5.74) is 2.61. The lowest BCUT2D eigenvalue weighted by Crippen LogP contribution is -2.17.